The topological polar surface area (TPSA) is 66.4 Å². The Hall–Kier alpha value is -1.84. The van der Waals surface area contributed by atoms with Crippen molar-refractivity contribution < 1.29 is 14.7 Å². The van der Waals surface area contributed by atoms with Gasteiger partial charge in [-0.25, -0.2) is 0 Å². The first-order chi connectivity index (χ1) is 9.63. The van der Waals surface area contributed by atoms with Gasteiger partial charge in [0, 0.05) is 5.69 Å². The lowest BCUT2D eigenvalue weighted by atomic mass is 9.78. The SMILES string of the molecule is CCc1ccccc1NC(=O)[C@H]1CCCC[C@@H]1C(=O)O. The minimum atomic E-state index is -0.853. The molecule has 1 saturated carbocycles. The second-order valence-electron chi connectivity index (χ2n) is 5.34. The van der Waals surface area contributed by atoms with Gasteiger partial charge in [0.05, 0.1) is 11.8 Å². The minimum Gasteiger partial charge on any atom is -0.481 e. The first-order valence-electron chi connectivity index (χ1n) is 7.25. The standard InChI is InChI=1S/C16H21NO3/c1-2-11-7-3-6-10-14(11)17-15(18)12-8-4-5-9-13(12)16(19)20/h3,6-7,10,12-13H,2,4-5,8-9H2,1H3,(H,17,18)(H,19,20)/t12-,13-/m0/s1. The highest BCUT2D eigenvalue weighted by Crippen LogP contribution is 2.31. The Morgan fingerprint density at radius 1 is 1.20 bits per heavy atom. The third-order valence-corrected chi connectivity index (χ3v) is 4.08. The average Bonchev–Trinajstić information content (AvgIpc) is 2.47. The van der Waals surface area contributed by atoms with Crippen LogP contribution in [0.4, 0.5) is 5.69 Å². The van der Waals surface area contributed by atoms with Crippen molar-refractivity contribution in [1.82, 2.24) is 0 Å². The lowest BCUT2D eigenvalue weighted by Crippen LogP contribution is -2.36. The van der Waals surface area contributed by atoms with Crippen molar-refractivity contribution in [3.63, 3.8) is 0 Å². The van der Waals surface area contributed by atoms with Gasteiger partial charge in [-0.2, -0.15) is 0 Å². The van der Waals surface area contributed by atoms with E-state index in [9.17, 15) is 14.7 Å². The van der Waals surface area contributed by atoms with Gasteiger partial charge in [-0.15, -0.1) is 0 Å². The second-order valence-corrected chi connectivity index (χ2v) is 5.34. The summed E-state index contributed by atoms with van der Waals surface area (Å²) in [6.45, 7) is 2.03. The predicted octanol–water partition coefficient (Wildman–Crippen LogP) is 3.08. The molecule has 0 spiro atoms. The van der Waals surface area contributed by atoms with Crippen LogP contribution < -0.4 is 5.32 Å². The van der Waals surface area contributed by atoms with Crippen molar-refractivity contribution >= 4 is 17.6 Å². The Kier molecular flexibility index (Phi) is 4.77. The Morgan fingerprint density at radius 2 is 1.85 bits per heavy atom. The number of nitrogens with one attached hydrogen (secondary N) is 1. The number of carboxylic acids is 1. The van der Waals surface area contributed by atoms with E-state index >= 15 is 0 Å². The smallest absolute Gasteiger partial charge is 0.307 e. The summed E-state index contributed by atoms with van der Waals surface area (Å²) in [6, 6.07) is 7.67. The van der Waals surface area contributed by atoms with Gasteiger partial charge in [-0.05, 0) is 30.9 Å². The van der Waals surface area contributed by atoms with E-state index in [1.165, 1.54) is 0 Å². The van der Waals surface area contributed by atoms with E-state index in [1.54, 1.807) is 0 Å². The summed E-state index contributed by atoms with van der Waals surface area (Å²) in [4.78, 5) is 23.6. The molecule has 0 heterocycles. The number of aliphatic carboxylic acids is 1. The highest BCUT2D eigenvalue weighted by atomic mass is 16.4. The number of anilines is 1. The molecule has 1 aromatic rings. The first kappa shape index (κ1) is 14.6. The fourth-order valence-electron chi connectivity index (χ4n) is 2.92. The van der Waals surface area contributed by atoms with Crippen molar-refractivity contribution in [1.29, 1.82) is 0 Å². The third kappa shape index (κ3) is 3.18. The Balaban J connectivity index is 2.12. The van der Waals surface area contributed by atoms with Crippen LogP contribution in [0.5, 0.6) is 0 Å². The number of carbonyl (C=O) groups excluding carboxylic acids is 1. The Labute approximate surface area is 119 Å². The quantitative estimate of drug-likeness (QED) is 0.887. The summed E-state index contributed by atoms with van der Waals surface area (Å²) in [5.74, 6) is -1.96. The van der Waals surface area contributed by atoms with Crippen molar-refractivity contribution in [3.05, 3.63) is 29.8 Å². The molecule has 1 aliphatic carbocycles. The Morgan fingerprint density at radius 3 is 2.50 bits per heavy atom. The molecule has 108 valence electrons. The summed E-state index contributed by atoms with van der Waals surface area (Å²) in [5.41, 5.74) is 1.87. The second kappa shape index (κ2) is 6.55. The molecule has 0 aromatic heterocycles. The zero-order valence-corrected chi connectivity index (χ0v) is 11.8. The molecule has 20 heavy (non-hydrogen) atoms. The minimum absolute atomic E-state index is 0.155. The molecule has 4 nitrogen and oxygen atoms in total. The number of rotatable bonds is 4. The zero-order valence-electron chi connectivity index (χ0n) is 11.8. The number of benzene rings is 1. The molecule has 2 atom stereocenters. The van der Waals surface area contributed by atoms with Crippen LogP contribution in [0.15, 0.2) is 24.3 Å². The van der Waals surface area contributed by atoms with E-state index in [0.717, 1.165) is 30.5 Å². The van der Waals surface area contributed by atoms with E-state index < -0.39 is 17.8 Å². The van der Waals surface area contributed by atoms with Crippen LogP contribution >= 0.6 is 0 Å². The van der Waals surface area contributed by atoms with Gasteiger partial charge < -0.3 is 10.4 Å². The summed E-state index contributed by atoms with van der Waals surface area (Å²) in [6.07, 6.45) is 3.92. The van der Waals surface area contributed by atoms with E-state index in [1.807, 2.05) is 31.2 Å². The van der Waals surface area contributed by atoms with Gasteiger partial charge in [0.2, 0.25) is 5.91 Å². The van der Waals surface area contributed by atoms with E-state index in [-0.39, 0.29) is 5.91 Å². The number of hydrogen-bond acceptors (Lipinski definition) is 2. The number of hydrogen-bond donors (Lipinski definition) is 2. The highest BCUT2D eigenvalue weighted by Gasteiger charge is 2.35. The molecular formula is C16H21NO3. The van der Waals surface area contributed by atoms with E-state index in [2.05, 4.69) is 5.32 Å². The number of carbonyl (C=O) groups is 2. The molecule has 1 fully saturated rings. The number of para-hydroxylation sites is 1. The highest BCUT2D eigenvalue weighted by molar-refractivity contribution is 5.95. The van der Waals surface area contributed by atoms with Gasteiger partial charge >= 0.3 is 5.97 Å². The van der Waals surface area contributed by atoms with Crippen molar-refractivity contribution in [3.8, 4) is 0 Å². The molecule has 1 aromatic carbocycles. The van der Waals surface area contributed by atoms with Crippen LogP contribution in [0.25, 0.3) is 0 Å². The fraction of sp³-hybridized carbons (Fsp3) is 0.500. The van der Waals surface area contributed by atoms with Crippen molar-refractivity contribution in [2.75, 3.05) is 5.32 Å². The normalized spacial score (nSPS) is 22.2. The maximum Gasteiger partial charge on any atom is 0.307 e. The number of carboxylic acid groups (broad SMARTS) is 1. The Bertz CT molecular complexity index is 498. The summed E-state index contributed by atoms with van der Waals surface area (Å²) >= 11 is 0. The van der Waals surface area contributed by atoms with E-state index in [4.69, 9.17) is 0 Å². The molecule has 1 aliphatic rings. The molecule has 0 aliphatic heterocycles. The van der Waals surface area contributed by atoms with Crippen LogP contribution in [0.1, 0.15) is 38.2 Å². The number of aryl methyl sites for hydroxylation is 1. The summed E-state index contributed by atoms with van der Waals surface area (Å²) < 4.78 is 0. The lowest BCUT2D eigenvalue weighted by molar-refractivity contribution is -0.147. The van der Waals surface area contributed by atoms with E-state index in [0.29, 0.717) is 12.8 Å². The van der Waals surface area contributed by atoms with Crippen molar-refractivity contribution in [2.45, 2.75) is 39.0 Å². The van der Waals surface area contributed by atoms with Gasteiger partial charge in [0.1, 0.15) is 0 Å². The molecule has 0 saturated heterocycles. The molecule has 0 unspecified atom stereocenters. The molecule has 0 radical (unpaired) electrons. The van der Waals surface area contributed by atoms with Crippen LogP contribution in [0.2, 0.25) is 0 Å². The maximum atomic E-state index is 12.4. The summed E-state index contributed by atoms with van der Waals surface area (Å²) in [7, 11) is 0. The first-order valence-corrected chi connectivity index (χ1v) is 7.25. The monoisotopic (exact) mass is 275 g/mol. The number of amides is 1. The largest absolute Gasteiger partial charge is 0.481 e. The van der Waals surface area contributed by atoms with Gasteiger partial charge in [0.15, 0.2) is 0 Å². The van der Waals surface area contributed by atoms with Crippen LogP contribution in [0.3, 0.4) is 0 Å². The zero-order chi connectivity index (χ0) is 14.5. The summed E-state index contributed by atoms with van der Waals surface area (Å²) in [5, 5.41) is 12.2. The third-order valence-electron chi connectivity index (χ3n) is 4.08. The van der Waals surface area contributed by atoms with Gasteiger partial charge in [-0.3, -0.25) is 9.59 Å². The fourth-order valence-corrected chi connectivity index (χ4v) is 2.92. The lowest BCUT2D eigenvalue weighted by Gasteiger charge is -2.27. The molecule has 4 heteroatoms. The molecule has 2 N–H and O–H groups in total. The van der Waals surface area contributed by atoms with Crippen molar-refractivity contribution in [2.24, 2.45) is 11.8 Å². The van der Waals surface area contributed by atoms with Gasteiger partial charge in [-0.1, -0.05) is 38.0 Å². The molecular weight excluding hydrogens is 254 g/mol. The maximum absolute atomic E-state index is 12.4. The molecule has 1 amide bonds. The van der Waals surface area contributed by atoms with Gasteiger partial charge in [0.25, 0.3) is 0 Å². The average molecular weight is 275 g/mol. The molecule has 0 bridgehead atoms. The predicted molar refractivity (Wildman–Crippen MR) is 77.5 cm³/mol. The van der Waals surface area contributed by atoms with Crippen LogP contribution in [0, 0.1) is 11.8 Å². The molecule has 2 rings (SSSR count). The van der Waals surface area contributed by atoms with Crippen LogP contribution in [-0.2, 0) is 16.0 Å². The van der Waals surface area contributed by atoms with Crippen LogP contribution in [-0.4, -0.2) is 17.0 Å².